The van der Waals surface area contributed by atoms with Gasteiger partial charge in [-0.1, -0.05) is 29.0 Å². The van der Waals surface area contributed by atoms with Gasteiger partial charge in [-0.25, -0.2) is 9.97 Å². The summed E-state index contributed by atoms with van der Waals surface area (Å²) in [5, 5.41) is 4.48. The van der Waals surface area contributed by atoms with Gasteiger partial charge >= 0.3 is 0 Å². The van der Waals surface area contributed by atoms with Gasteiger partial charge in [0.25, 0.3) is 5.91 Å². The lowest BCUT2D eigenvalue weighted by atomic mass is 10.1. The Hall–Kier alpha value is -2.51. The molecule has 0 bridgehead atoms. The van der Waals surface area contributed by atoms with Crippen molar-refractivity contribution in [3.63, 3.8) is 0 Å². The summed E-state index contributed by atoms with van der Waals surface area (Å²) < 4.78 is 0. The van der Waals surface area contributed by atoms with Gasteiger partial charge in [-0.05, 0) is 38.0 Å². The smallest absolute Gasteiger partial charge is 0.271 e. The average molecular weight is 414 g/mol. The lowest BCUT2D eigenvalue weighted by Gasteiger charge is -2.25. The van der Waals surface area contributed by atoms with Crippen LogP contribution in [0.5, 0.6) is 0 Å². The number of hydrogen-bond donors (Lipinski definition) is 1. The fourth-order valence-corrected chi connectivity index (χ4v) is 4.55. The lowest BCUT2D eigenvalue weighted by molar-refractivity contribution is 0.0983. The standard InChI is InChI=1S/C20H20ClN5OS/c1-4-22-20-25-15-5-6-26(19(27)18(15)28-20)16-8-13(14(21)10-23-16)17-12(3)7-11(2)9-24-17/h7-10H,4-6H2,1-3H3,(H,22,25). The average Bonchev–Trinajstić information content (AvgIpc) is 3.07. The molecule has 144 valence electrons. The van der Waals surface area contributed by atoms with Crippen molar-refractivity contribution in [1.29, 1.82) is 0 Å². The van der Waals surface area contributed by atoms with Crippen molar-refractivity contribution in [2.45, 2.75) is 27.2 Å². The fourth-order valence-electron chi connectivity index (χ4n) is 3.33. The van der Waals surface area contributed by atoms with E-state index < -0.39 is 0 Å². The monoisotopic (exact) mass is 413 g/mol. The molecule has 6 nitrogen and oxygen atoms in total. The molecule has 28 heavy (non-hydrogen) atoms. The van der Waals surface area contributed by atoms with E-state index in [4.69, 9.17) is 11.6 Å². The van der Waals surface area contributed by atoms with Crippen LogP contribution in [0.15, 0.2) is 24.5 Å². The highest BCUT2D eigenvalue weighted by molar-refractivity contribution is 7.17. The van der Waals surface area contributed by atoms with Crippen LogP contribution < -0.4 is 10.2 Å². The highest BCUT2D eigenvalue weighted by Crippen LogP contribution is 2.34. The summed E-state index contributed by atoms with van der Waals surface area (Å²) in [6.45, 7) is 7.33. The van der Waals surface area contributed by atoms with Gasteiger partial charge in [-0.15, -0.1) is 0 Å². The third-order valence-electron chi connectivity index (χ3n) is 4.62. The zero-order chi connectivity index (χ0) is 19.8. The predicted octanol–water partition coefficient (Wildman–Crippen LogP) is 4.51. The molecular weight excluding hydrogens is 394 g/mol. The Kier molecular flexibility index (Phi) is 5.03. The number of thiazole rings is 1. The van der Waals surface area contributed by atoms with Crippen molar-refractivity contribution >= 4 is 39.8 Å². The summed E-state index contributed by atoms with van der Waals surface area (Å²) in [5.41, 5.74) is 4.56. The van der Waals surface area contributed by atoms with Crippen molar-refractivity contribution < 1.29 is 4.79 Å². The summed E-state index contributed by atoms with van der Waals surface area (Å²) in [6.07, 6.45) is 4.10. The summed E-state index contributed by atoms with van der Waals surface area (Å²) in [5.74, 6) is 0.507. The van der Waals surface area contributed by atoms with Gasteiger partial charge in [0, 0.05) is 37.5 Å². The minimum Gasteiger partial charge on any atom is -0.362 e. The van der Waals surface area contributed by atoms with E-state index in [1.54, 1.807) is 11.1 Å². The molecule has 0 aromatic carbocycles. The van der Waals surface area contributed by atoms with Crippen LogP contribution in [-0.4, -0.2) is 33.9 Å². The molecule has 0 fully saturated rings. The second-order valence-corrected chi connectivity index (χ2v) is 8.14. The van der Waals surface area contributed by atoms with Crippen LogP contribution in [-0.2, 0) is 6.42 Å². The molecule has 4 heterocycles. The van der Waals surface area contributed by atoms with E-state index in [2.05, 4.69) is 26.3 Å². The third kappa shape index (κ3) is 3.36. The van der Waals surface area contributed by atoms with Crippen LogP contribution in [0.25, 0.3) is 11.3 Å². The molecule has 0 saturated carbocycles. The van der Waals surface area contributed by atoms with Crippen LogP contribution in [0.3, 0.4) is 0 Å². The molecule has 8 heteroatoms. The first-order valence-electron chi connectivity index (χ1n) is 9.12. The summed E-state index contributed by atoms with van der Waals surface area (Å²) in [7, 11) is 0. The predicted molar refractivity (Wildman–Crippen MR) is 114 cm³/mol. The second kappa shape index (κ2) is 7.48. The number of nitrogens with zero attached hydrogens (tertiary/aromatic N) is 4. The molecule has 1 aliphatic heterocycles. The zero-order valence-electron chi connectivity index (χ0n) is 15.9. The number of aryl methyl sites for hydroxylation is 2. The first kappa shape index (κ1) is 18.8. The minimum atomic E-state index is -0.0720. The highest BCUT2D eigenvalue weighted by Gasteiger charge is 2.30. The van der Waals surface area contributed by atoms with Crippen LogP contribution in [0.2, 0.25) is 5.02 Å². The van der Waals surface area contributed by atoms with E-state index in [0.29, 0.717) is 28.7 Å². The van der Waals surface area contributed by atoms with Crippen molar-refractivity contribution in [3.8, 4) is 11.3 Å². The van der Waals surface area contributed by atoms with Gasteiger partial charge in [-0.3, -0.25) is 14.7 Å². The van der Waals surface area contributed by atoms with Crippen molar-refractivity contribution in [2.75, 3.05) is 23.3 Å². The number of rotatable bonds is 4. The Balaban J connectivity index is 1.71. The molecule has 3 aromatic heterocycles. The number of anilines is 2. The Morgan fingerprint density at radius 2 is 2.07 bits per heavy atom. The van der Waals surface area contributed by atoms with Crippen LogP contribution in [0.4, 0.5) is 10.9 Å². The Morgan fingerprint density at radius 1 is 1.25 bits per heavy atom. The van der Waals surface area contributed by atoms with Gasteiger partial charge in [0.15, 0.2) is 5.13 Å². The molecule has 4 rings (SSSR count). The first-order chi connectivity index (χ1) is 13.5. The van der Waals surface area contributed by atoms with Gasteiger partial charge in [0.1, 0.15) is 10.7 Å². The Morgan fingerprint density at radius 3 is 2.82 bits per heavy atom. The van der Waals surface area contributed by atoms with Crippen molar-refractivity contribution in [3.05, 3.63) is 51.2 Å². The molecular formula is C20H20ClN5OS. The van der Waals surface area contributed by atoms with Crippen molar-refractivity contribution in [2.24, 2.45) is 0 Å². The normalized spacial score (nSPS) is 13.6. The maximum Gasteiger partial charge on any atom is 0.271 e. The summed E-state index contributed by atoms with van der Waals surface area (Å²) in [4.78, 5) is 28.9. The van der Waals surface area contributed by atoms with E-state index >= 15 is 0 Å². The van der Waals surface area contributed by atoms with Crippen LogP contribution in [0, 0.1) is 13.8 Å². The number of carbonyl (C=O) groups is 1. The maximum absolute atomic E-state index is 13.1. The molecule has 0 radical (unpaired) electrons. The van der Waals surface area contributed by atoms with Gasteiger partial charge < -0.3 is 5.32 Å². The molecule has 1 amide bonds. The topological polar surface area (TPSA) is 71.0 Å². The summed E-state index contributed by atoms with van der Waals surface area (Å²) in [6, 6.07) is 3.92. The number of fused-ring (bicyclic) bond motifs is 1. The molecule has 1 aliphatic rings. The quantitative estimate of drug-likeness (QED) is 0.681. The minimum absolute atomic E-state index is 0.0720. The molecule has 0 spiro atoms. The SMILES string of the molecule is CCNc1nc2c(s1)C(=O)N(c1cc(-c3ncc(C)cc3C)c(Cl)cn1)CC2. The molecule has 0 aliphatic carbocycles. The lowest BCUT2D eigenvalue weighted by Crippen LogP contribution is -2.37. The highest BCUT2D eigenvalue weighted by atomic mass is 35.5. The fraction of sp³-hybridized carbons (Fsp3) is 0.300. The summed E-state index contributed by atoms with van der Waals surface area (Å²) >= 11 is 7.81. The van der Waals surface area contributed by atoms with E-state index in [1.807, 2.05) is 33.0 Å². The third-order valence-corrected chi connectivity index (χ3v) is 5.97. The maximum atomic E-state index is 13.1. The Labute approximate surface area is 172 Å². The first-order valence-corrected chi connectivity index (χ1v) is 10.3. The number of aromatic nitrogens is 3. The molecule has 1 N–H and O–H groups in total. The van der Waals surface area contributed by atoms with Crippen molar-refractivity contribution in [1.82, 2.24) is 15.0 Å². The largest absolute Gasteiger partial charge is 0.362 e. The second-order valence-electron chi connectivity index (χ2n) is 6.73. The molecule has 0 saturated heterocycles. The van der Waals surface area contributed by atoms with E-state index in [9.17, 15) is 4.79 Å². The number of hydrogen-bond acceptors (Lipinski definition) is 6. The number of carbonyl (C=O) groups excluding carboxylic acids is 1. The van der Waals surface area contributed by atoms with Gasteiger partial charge in [0.2, 0.25) is 0 Å². The Bertz CT molecular complexity index is 1060. The molecule has 0 atom stereocenters. The number of amides is 1. The number of pyridine rings is 2. The van der Waals surface area contributed by atoms with E-state index in [0.717, 1.165) is 39.8 Å². The molecule has 3 aromatic rings. The van der Waals surface area contributed by atoms with Gasteiger partial charge in [-0.2, -0.15) is 0 Å². The van der Waals surface area contributed by atoms with E-state index in [-0.39, 0.29) is 5.91 Å². The van der Waals surface area contributed by atoms with Crippen LogP contribution in [0.1, 0.15) is 33.4 Å². The molecule has 0 unspecified atom stereocenters. The number of nitrogens with one attached hydrogen (secondary N) is 1. The van der Waals surface area contributed by atoms with E-state index in [1.165, 1.54) is 11.3 Å². The number of halogens is 1. The zero-order valence-corrected chi connectivity index (χ0v) is 17.5. The van der Waals surface area contributed by atoms with Crippen LogP contribution >= 0.6 is 22.9 Å². The van der Waals surface area contributed by atoms with Gasteiger partial charge in [0.05, 0.1) is 16.4 Å².